The molecule has 0 bridgehead atoms. The van der Waals surface area contributed by atoms with E-state index >= 15 is 0 Å². The lowest BCUT2D eigenvalue weighted by molar-refractivity contribution is 0.104. The first-order valence-corrected chi connectivity index (χ1v) is 8.55. The number of aromatic hydroxyl groups is 2. The summed E-state index contributed by atoms with van der Waals surface area (Å²) in [5, 5.41) is 19.9. The zero-order chi connectivity index (χ0) is 15.8. The molecule has 1 unspecified atom stereocenters. The third-order valence-electron chi connectivity index (χ3n) is 5.51. The van der Waals surface area contributed by atoms with Gasteiger partial charge in [0.15, 0.2) is 11.5 Å². The Morgan fingerprint density at radius 1 is 1.00 bits per heavy atom. The topological polar surface area (TPSA) is 43.7 Å². The molecule has 1 saturated heterocycles. The van der Waals surface area contributed by atoms with Gasteiger partial charge in [0.1, 0.15) is 0 Å². The first-order valence-electron chi connectivity index (χ1n) is 8.55. The zero-order valence-electron chi connectivity index (χ0n) is 13.3. The fourth-order valence-corrected chi connectivity index (χ4v) is 4.43. The normalized spacial score (nSPS) is 24.0. The number of hydrogen-bond acceptors (Lipinski definition) is 3. The van der Waals surface area contributed by atoms with E-state index in [1.807, 2.05) is 6.07 Å². The molecule has 2 atom stereocenters. The number of piperidine rings is 1. The highest BCUT2D eigenvalue weighted by Crippen LogP contribution is 2.45. The third-order valence-corrected chi connectivity index (χ3v) is 5.51. The highest BCUT2D eigenvalue weighted by atomic mass is 16.3. The maximum absolute atomic E-state index is 10.2. The number of rotatable bonds is 2. The summed E-state index contributed by atoms with van der Waals surface area (Å²) in [5.74, 6) is 0.586. The number of fused-ring (bicyclic) bond motifs is 3. The van der Waals surface area contributed by atoms with Crippen LogP contribution in [0.15, 0.2) is 42.5 Å². The van der Waals surface area contributed by atoms with Gasteiger partial charge in [-0.15, -0.1) is 0 Å². The molecule has 4 rings (SSSR count). The molecule has 3 nitrogen and oxygen atoms in total. The molecular formula is C20H23NO2. The predicted molar refractivity (Wildman–Crippen MR) is 90.7 cm³/mol. The smallest absolute Gasteiger partial charge is 0.160 e. The Kier molecular flexibility index (Phi) is 3.74. The van der Waals surface area contributed by atoms with Crippen molar-refractivity contribution in [1.29, 1.82) is 0 Å². The number of likely N-dealkylation sites (tertiary alicyclic amines) is 1. The molecule has 120 valence electrons. The number of hydrogen-bond donors (Lipinski definition) is 2. The largest absolute Gasteiger partial charge is 0.504 e. The molecule has 1 fully saturated rings. The summed E-state index contributed by atoms with van der Waals surface area (Å²) in [6, 6.07) is 14.9. The third kappa shape index (κ3) is 2.59. The first-order chi connectivity index (χ1) is 11.2. The lowest BCUT2D eigenvalue weighted by Gasteiger charge is -2.45. The minimum Gasteiger partial charge on any atom is -0.504 e. The molecule has 2 aliphatic rings. The van der Waals surface area contributed by atoms with Crippen molar-refractivity contribution >= 4 is 0 Å². The lowest BCUT2D eigenvalue weighted by Crippen LogP contribution is -2.45. The molecule has 0 amide bonds. The van der Waals surface area contributed by atoms with Crippen molar-refractivity contribution < 1.29 is 10.2 Å². The van der Waals surface area contributed by atoms with E-state index in [1.165, 1.54) is 24.0 Å². The summed E-state index contributed by atoms with van der Waals surface area (Å²) in [7, 11) is 0. The van der Waals surface area contributed by atoms with Gasteiger partial charge in [-0.05, 0) is 55.3 Å². The van der Waals surface area contributed by atoms with Crippen LogP contribution in [0.3, 0.4) is 0 Å². The van der Waals surface area contributed by atoms with Crippen LogP contribution in [-0.4, -0.2) is 27.7 Å². The van der Waals surface area contributed by atoms with Gasteiger partial charge in [0.25, 0.3) is 0 Å². The Hall–Kier alpha value is -2.00. The van der Waals surface area contributed by atoms with Gasteiger partial charge >= 0.3 is 0 Å². The van der Waals surface area contributed by atoms with Crippen LogP contribution in [0.25, 0.3) is 0 Å². The zero-order valence-corrected chi connectivity index (χ0v) is 13.3. The van der Waals surface area contributed by atoms with Crippen molar-refractivity contribution in [3.05, 3.63) is 59.2 Å². The van der Waals surface area contributed by atoms with Gasteiger partial charge in [0.2, 0.25) is 0 Å². The molecule has 2 aromatic rings. The summed E-state index contributed by atoms with van der Waals surface area (Å²) in [6.45, 7) is 2.15. The predicted octanol–water partition coefficient (Wildman–Crippen LogP) is 3.79. The first kappa shape index (κ1) is 14.6. The molecule has 0 spiro atoms. The van der Waals surface area contributed by atoms with Crippen LogP contribution in [0.2, 0.25) is 0 Å². The van der Waals surface area contributed by atoms with Crippen LogP contribution in [0.4, 0.5) is 0 Å². The summed E-state index contributed by atoms with van der Waals surface area (Å²) in [6.07, 6.45) is 4.27. The Morgan fingerprint density at radius 2 is 1.83 bits per heavy atom. The second-order valence-corrected chi connectivity index (χ2v) is 6.81. The van der Waals surface area contributed by atoms with Crippen LogP contribution in [-0.2, 0) is 13.0 Å². The summed E-state index contributed by atoms with van der Waals surface area (Å²) in [5.41, 5.74) is 3.58. The SMILES string of the molecule is Oc1ccc2c(c1O)CCC1[C@H]2CCCN1Cc1ccccc1. The van der Waals surface area contributed by atoms with E-state index in [9.17, 15) is 10.2 Å². The fourth-order valence-electron chi connectivity index (χ4n) is 4.43. The average Bonchev–Trinajstić information content (AvgIpc) is 2.59. The molecule has 0 aromatic heterocycles. The number of phenolic OH excluding ortho intramolecular Hbond substituents is 2. The molecule has 1 aliphatic carbocycles. The second kappa shape index (κ2) is 5.89. The van der Waals surface area contributed by atoms with Crippen LogP contribution < -0.4 is 0 Å². The van der Waals surface area contributed by atoms with E-state index in [-0.39, 0.29) is 11.5 Å². The average molecular weight is 309 g/mol. The molecular weight excluding hydrogens is 286 g/mol. The van der Waals surface area contributed by atoms with E-state index in [0.717, 1.165) is 31.5 Å². The second-order valence-electron chi connectivity index (χ2n) is 6.81. The number of benzene rings is 2. The molecule has 1 heterocycles. The van der Waals surface area contributed by atoms with Crippen molar-refractivity contribution in [3.63, 3.8) is 0 Å². The van der Waals surface area contributed by atoms with E-state index in [2.05, 4.69) is 35.2 Å². The maximum atomic E-state index is 10.2. The van der Waals surface area contributed by atoms with Gasteiger partial charge in [-0.25, -0.2) is 0 Å². The summed E-state index contributed by atoms with van der Waals surface area (Å²) in [4.78, 5) is 2.61. The van der Waals surface area contributed by atoms with Crippen molar-refractivity contribution in [2.75, 3.05) is 6.54 Å². The summed E-state index contributed by atoms with van der Waals surface area (Å²) >= 11 is 0. The molecule has 1 aliphatic heterocycles. The van der Waals surface area contributed by atoms with Gasteiger partial charge in [-0.1, -0.05) is 36.4 Å². The Morgan fingerprint density at radius 3 is 2.65 bits per heavy atom. The number of nitrogens with zero attached hydrogens (tertiary/aromatic N) is 1. The molecule has 0 saturated carbocycles. The lowest BCUT2D eigenvalue weighted by atomic mass is 9.74. The van der Waals surface area contributed by atoms with Crippen molar-refractivity contribution in [3.8, 4) is 11.5 Å². The van der Waals surface area contributed by atoms with Crippen LogP contribution >= 0.6 is 0 Å². The Bertz CT molecular complexity index is 698. The van der Waals surface area contributed by atoms with Gasteiger partial charge in [-0.3, -0.25) is 4.90 Å². The quantitative estimate of drug-likeness (QED) is 0.830. The van der Waals surface area contributed by atoms with Crippen molar-refractivity contribution in [2.45, 2.75) is 44.2 Å². The Labute approximate surface area is 137 Å². The molecule has 23 heavy (non-hydrogen) atoms. The van der Waals surface area contributed by atoms with Gasteiger partial charge in [-0.2, -0.15) is 0 Å². The monoisotopic (exact) mass is 309 g/mol. The summed E-state index contributed by atoms with van der Waals surface area (Å²) < 4.78 is 0. The minimum absolute atomic E-state index is 0.0131. The molecule has 3 heteroatoms. The van der Waals surface area contributed by atoms with Gasteiger partial charge < -0.3 is 10.2 Å². The standard InChI is InChI=1S/C20H23NO2/c22-19-11-9-15-16-7-4-12-21(13-14-5-2-1-3-6-14)18(16)10-8-17(15)20(19)23/h1-3,5-6,9,11,16,18,22-23H,4,7-8,10,12-13H2/t16-,18?/m0/s1. The van der Waals surface area contributed by atoms with E-state index < -0.39 is 0 Å². The highest BCUT2D eigenvalue weighted by molar-refractivity contribution is 5.51. The minimum atomic E-state index is 0.0131. The van der Waals surface area contributed by atoms with E-state index in [1.54, 1.807) is 6.07 Å². The fraction of sp³-hybridized carbons (Fsp3) is 0.400. The van der Waals surface area contributed by atoms with Gasteiger partial charge in [0.05, 0.1) is 0 Å². The maximum Gasteiger partial charge on any atom is 0.160 e. The van der Waals surface area contributed by atoms with Crippen molar-refractivity contribution in [2.24, 2.45) is 0 Å². The highest BCUT2D eigenvalue weighted by Gasteiger charge is 2.37. The Balaban J connectivity index is 1.62. The van der Waals surface area contributed by atoms with Gasteiger partial charge in [0, 0.05) is 18.2 Å². The van der Waals surface area contributed by atoms with E-state index in [0.29, 0.717) is 12.0 Å². The van der Waals surface area contributed by atoms with Crippen LogP contribution in [0.1, 0.15) is 41.9 Å². The van der Waals surface area contributed by atoms with Crippen molar-refractivity contribution in [1.82, 2.24) is 4.90 Å². The number of phenols is 2. The van der Waals surface area contributed by atoms with Crippen LogP contribution in [0.5, 0.6) is 11.5 Å². The van der Waals surface area contributed by atoms with Crippen LogP contribution in [0, 0.1) is 0 Å². The molecule has 2 aromatic carbocycles. The van der Waals surface area contributed by atoms with E-state index in [4.69, 9.17) is 0 Å². The molecule has 2 N–H and O–H groups in total. The molecule has 0 radical (unpaired) electrons.